The highest BCUT2D eigenvalue weighted by atomic mass is 32.2. The van der Waals surface area contributed by atoms with Gasteiger partial charge in [0, 0.05) is 18.8 Å². The van der Waals surface area contributed by atoms with Crippen molar-refractivity contribution in [3.05, 3.63) is 12.4 Å². The SMILES string of the molecule is CCN(C1CC1)S(=O)(=O)c1cnn(CC(=O)O)c1. The Balaban J connectivity index is 2.23. The number of carboxylic acid groups (broad SMARTS) is 1. The molecule has 1 fully saturated rings. The Kier molecular flexibility index (Phi) is 3.40. The molecular formula is C10H15N3O4S. The average Bonchev–Trinajstić information content (AvgIpc) is 2.97. The van der Waals surface area contributed by atoms with Crippen molar-refractivity contribution in [3.63, 3.8) is 0 Å². The van der Waals surface area contributed by atoms with E-state index in [1.807, 2.05) is 0 Å². The van der Waals surface area contributed by atoms with Crippen molar-refractivity contribution in [3.8, 4) is 0 Å². The number of hydrogen-bond donors (Lipinski definition) is 1. The average molecular weight is 273 g/mol. The Labute approximate surface area is 105 Å². The van der Waals surface area contributed by atoms with Crippen molar-refractivity contribution in [2.75, 3.05) is 6.54 Å². The minimum atomic E-state index is -3.55. The number of hydrogen-bond acceptors (Lipinski definition) is 4. The lowest BCUT2D eigenvalue weighted by atomic mass is 10.6. The number of sulfonamides is 1. The first-order chi connectivity index (χ1) is 8.45. The Bertz CT molecular complexity index is 547. The zero-order valence-electron chi connectivity index (χ0n) is 9.98. The van der Waals surface area contributed by atoms with Crippen LogP contribution in [0.5, 0.6) is 0 Å². The molecule has 0 spiro atoms. The van der Waals surface area contributed by atoms with Crippen LogP contribution < -0.4 is 0 Å². The molecule has 0 aliphatic heterocycles. The van der Waals surface area contributed by atoms with E-state index in [4.69, 9.17) is 5.11 Å². The Morgan fingerprint density at radius 2 is 2.28 bits per heavy atom. The van der Waals surface area contributed by atoms with Gasteiger partial charge in [0.1, 0.15) is 11.4 Å². The first-order valence-corrected chi connectivity index (χ1v) is 7.15. The molecule has 0 aromatic carbocycles. The molecule has 7 nitrogen and oxygen atoms in total. The highest BCUT2D eigenvalue weighted by Gasteiger charge is 2.37. The zero-order chi connectivity index (χ0) is 13.3. The van der Waals surface area contributed by atoms with Gasteiger partial charge in [-0.25, -0.2) is 8.42 Å². The highest BCUT2D eigenvalue weighted by Crippen LogP contribution is 2.31. The summed E-state index contributed by atoms with van der Waals surface area (Å²) in [5.41, 5.74) is 0. The number of nitrogens with zero attached hydrogens (tertiary/aromatic N) is 3. The lowest BCUT2D eigenvalue weighted by Crippen LogP contribution is -2.32. The second kappa shape index (κ2) is 4.69. The first-order valence-electron chi connectivity index (χ1n) is 5.71. The topological polar surface area (TPSA) is 92.5 Å². The van der Waals surface area contributed by atoms with E-state index in [2.05, 4.69) is 5.10 Å². The van der Waals surface area contributed by atoms with E-state index in [1.165, 1.54) is 16.7 Å². The summed E-state index contributed by atoms with van der Waals surface area (Å²) in [5, 5.41) is 12.4. The fourth-order valence-corrected chi connectivity index (χ4v) is 3.47. The van der Waals surface area contributed by atoms with Gasteiger partial charge >= 0.3 is 5.97 Å². The fourth-order valence-electron chi connectivity index (χ4n) is 1.83. The van der Waals surface area contributed by atoms with Gasteiger partial charge in [0.15, 0.2) is 0 Å². The van der Waals surface area contributed by atoms with Crippen molar-refractivity contribution in [2.24, 2.45) is 0 Å². The van der Waals surface area contributed by atoms with Crippen molar-refractivity contribution in [1.82, 2.24) is 14.1 Å². The summed E-state index contributed by atoms with van der Waals surface area (Å²) in [6.07, 6.45) is 4.23. The maximum Gasteiger partial charge on any atom is 0.325 e. The van der Waals surface area contributed by atoms with Crippen molar-refractivity contribution >= 4 is 16.0 Å². The summed E-state index contributed by atoms with van der Waals surface area (Å²) < 4.78 is 27.1. The van der Waals surface area contributed by atoms with E-state index in [-0.39, 0.29) is 17.5 Å². The van der Waals surface area contributed by atoms with Gasteiger partial charge in [0.05, 0.1) is 6.20 Å². The fraction of sp³-hybridized carbons (Fsp3) is 0.600. The lowest BCUT2D eigenvalue weighted by molar-refractivity contribution is -0.137. The molecule has 1 heterocycles. The molecule has 0 radical (unpaired) electrons. The second-order valence-electron chi connectivity index (χ2n) is 4.21. The Morgan fingerprint density at radius 3 is 2.78 bits per heavy atom. The number of rotatable bonds is 6. The van der Waals surface area contributed by atoms with E-state index in [0.717, 1.165) is 17.5 Å². The van der Waals surface area contributed by atoms with Crippen molar-refractivity contribution in [1.29, 1.82) is 0 Å². The molecule has 18 heavy (non-hydrogen) atoms. The van der Waals surface area contributed by atoms with E-state index in [0.29, 0.717) is 6.54 Å². The molecule has 0 saturated heterocycles. The van der Waals surface area contributed by atoms with Gasteiger partial charge in [0.25, 0.3) is 0 Å². The summed E-state index contributed by atoms with van der Waals surface area (Å²) in [7, 11) is -3.55. The van der Waals surface area contributed by atoms with Crippen LogP contribution in [-0.4, -0.2) is 46.2 Å². The number of carbonyl (C=O) groups is 1. The molecule has 1 aromatic heterocycles. The normalized spacial score (nSPS) is 16.1. The largest absolute Gasteiger partial charge is 0.480 e. The van der Waals surface area contributed by atoms with Gasteiger partial charge in [-0.1, -0.05) is 6.92 Å². The van der Waals surface area contributed by atoms with Gasteiger partial charge < -0.3 is 5.11 Å². The van der Waals surface area contributed by atoms with E-state index >= 15 is 0 Å². The standard InChI is InChI=1S/C10H15N3O4S/c1-2-13(8-3-4-8)18(16,17)9-5-11-12(6-9)7-10(14)15/h5-6,8H,2-4,7H2,1H3,(H,14,15). The van der Waals surface area contributed by atoms with Crippen LogP contribution in [0.2, 0.25) is 0 Å². The van der Waals surface area contributed by atoms with Gasteiger partial charge in [-0.3, -0.25) is 9.48 Å². The third-order valence-corrected chi connectivity index (χ3v) is 4.76. The van der Waals surface area contributed by atoms with E-state index < -0.39 is 16.0 Å². The molecule has 8 heteroatoms. The summed E-state index contributed by atoms with van der Waals surface area (Å²) in [6.45, 7) is 1.86. The van der Waals surface area contributed by atoms with Crippen LogP contribution in [0.25, 0.3) is 0 Å². The molecule has 0 bridgehead atoms. The molecule has 1 aromatic rings. The summed E-state index contributed by atoms with van der Waals surface area (Å²) in [5.74, 6) is -1.06. The number of aromatic nitrogens is 2. The third-order valence-electron chi connectivity index (χ3n) is 2.78. The predicted molar refractivity (Wildman–Crippen MR) is 62.5 cm³/mol. The summed E-state index contributed by atoms with van der Waals surface area (Å²) in [4.78, 5) is 10.6. The van der Waals surface area contributed by atoms with Crippen LogP contribution in [-0.2, 0) is 21.4 Å². The minimum Gasteiger partial charge on any atom is -0.480 e. The van der Waals surface area contributed by atoms with Gasteiger partial charge in [-0.05, 0) is 12.8 Å². The molecule has 1 aliphatic rings. The molecule has 1 aliphatic carbocycles. The number of aliphatic carboxylic acids is 1. The van der Waals surface area contributed by atoms with Crippen LogP contribution in [0.15, 0.2) is 17.3 Å². The van der Waals surface area contributed by atoms with Gasteiger partial charge in [-0.2, -0.15) is 9.40 Å². The Morgan fingerprint density at radius 1 is 1.61 bits per heavy atom. The zero-order valence-corrected chi connectivity index (χ0v) is 10.8. The molecule has 1 saturated carbocycles. The van der Waals surface area contributed by atoms with Crippen molar-refractivity contribution in [2.45, 2.75) is 37.2 Å². The molecule has 100 valence electrons. The van der Waals surface area contributed by atoms with Crippen LogP contribution in [0.1, 0.15) is 19.8 Å². The summed E-state index contributed by atoms with van der Waals surface area (Å²) in [6, 6.07) is 0.0859. The maximum absolute atomic E-state index is 12.3. The molecule has 0 unspecified atom stereocenters. The van der Waals surface area contributed by atoms with Crippen molar-refractivity contribution < 1.29 is 18.3 Å². The second-order valence-corrected chi connectivity index (χ2v) is 6.10. The third kappa shape index (κ3) is 2.54. The van der Waals surface area contributed by atoms with Gasteiger partial charge in [-0.15, -0.1) is 0 Å². The predicted octanol–water partition coefficient (Wildman–Crippen LogP) is 0.141. The Hall–Kier alpha value is -1.41. The lowest BCUT2D eigenvalue weighted by Gasteiger charge is -2.18. The molecule has 0 atom stereocenters. The summed E-state index contributed by atoms with van der Waals surface area (Å²) >= 11 is 0. The molecule has 1 N–H and O–H groups in total. The molecule has 0 amide bonds. The maximum atomic E-state index is 12.3. The monoisotopic (exact) mass is 273 g/mol. The van der Waals surface area contributed by atoms with E-state index in [1.54, 1.807) is 6.92 Å². The van der Waals surface area contributed by atoms with Crippen LogP contribution in [0, 0.1) is 0 Å². The van der Waals surface area contributed by atoms with Crippen LogP contribution >= 0.6 is 0 Å². The van der Waals surface area contributed by atoms with Gasteiger partial charge in [0.2, 0.25) is 10.0 Å². The number of carboxylic acids is 1. The highest BCUT2D eigenvalue weighted by molar-refractivity contribution is 7.89. The quantitative estimate of drug-likeness (QED) is 0.796. The minimum absolute atomic E-state index is 0.0532. The van der Waals surface area contributed by atoms with Crippen LogP contribution in [0.4, 0.5) is 0 Å². The first kappa shape index (κ1) is 13.0. The van der Waals surface area contributed by atoms with E-state index in [9.17, 15) is 13.2 Å². The molecule has 2 rings (SSSR count). The smallest absolute Gasteiger partial charge is 0.325 e. The molecular weight excluding hydrogens is 258 g/mol. The van der Waals surface area contributed by atoms with Crippen LogP contribution in [0.3, 0.4) is 0 Å².